The van der Waals surface area contributed by atoms with Gasteiger partial charge >= 0.3 is 0 Å². The standard InChI is InChI=1S/C20H20N8/c1-13(15-5-7-22-16-4-3-6-23-19(15)16)9-24-18-8-17(27-12-28-18)14-10-25-20(21-2)26-11-14/h3-8,10-13H,9H2,1-2H3,(H,21,25,26)(H,24,27,28). The van der Waals surface area contributed by atoms with Gasteiger partial charge in [-0.15, -0.1) is 0 Å². The Morgan fingerprint density at radius 2 is 1.82 bits per heavy atom. The van der Waals surface area contributed by atoms with E-state index in [4.69, 9.17) is 0 Å². The number of aromatic nitrogens is 6. The molecular weight excluding hydrogens is 352 g/mol. The number of rotatable bonds is 6. The molecule has 0 aliphatic rings. The Kier molecular flexibility index (Phi) is 5.01. The summed E-state index contributed by atoms with van der Waals surface area (Å²) in [5, 5.41) is 6.29. The number of fused-ring (bicyclic) bond motifs is 1. The van der Waals surface area contributed by atoms with Gasteiger partial charge in [-0.25, -0.2) is 19.9 Å². The van der Waals surface area contributed by atoms with E-state index in [0.717, 1.165) is 33.7 Å². The molecule has 28 heavy (non-hydrogen) atoms. The molecule has 4 rings (SSSR count). The highest BCUT2D eigenvalue weighted by Gasteiger charge is 2.12. The van der Waals surface area contributed by atoms with Gasteiger partial charge in [0.05, 0.1) is 16.7 Å². The molecule has 4 aromatic rings. The van der Waals surface area contributed by atoms with Crippen LogP contribution in [0.5, 0.6) is 0 Å². The van der Waals surface area contributed by atoms with Gasteiger partial charge in [0.1, 0.15) is 12.1 Å². The Bertz CT molecular complexity index is 1080. The molecule has 4 heterocycles. The normalized spacial score (nSPS) is 11.9. The molecule has 0 amide bonds. The second-order valence-electron chi connectivity index (χ2n) is 6.39. The molecule has 1 unspecified atom stereocenters. The predicted molar refractivity (Wildman–Crippen MR) is 109 cm³/mol. The Balaban J connectivity index is 1.50. The highest BCUT2D eigenvalue weighted by molar-refractivity contribution is 5.77. The van der Waals surface area contributed by atoms with Gasteiger partial charge in [-0.3, -0.25) is 9.97 Å². The van der Waals surface area contributed by atoms with Gasteiger partial charge in [-0.05, 0) is 23.8 Å². The third-order valence-corrected chi connectivity index (χ3v) is 4.49. The van der Waals surface area contributed by atoms with E-state index in [2.05, 4.69) is 47.5 Å². The number of hydrogen-bond donors (Lipinski definition) is 2. The summed E-state index contributed by atoms with van der Waals surface area (Å²) in [5.41, 5.74) is 4.60. The zero-order chi connectivity index (χ0) is 19.3. The van der Waals surface area contributed by atoms with Gasteiger partial charge in [0.15, 0.2) is 0 Å². The molecule has 2 N–H and O–H groups in total. The molecular formula is C20H20N8. The van der Waals surface area contributed by atoms with Gasteiger partial charge in [-0.1, -0.05) is 6.92 Å². The Hall–Kier alpha value is -3.68. The SMILES string of the molecule is CNc1ncc(-c2cc(NCC(C)c3ccnc4cccnc34)ncn2)cn1. The minimum Gasteiger partial charge on any atom is -0.369 e. The van der Waals surface area contributed by atoms with Crippen molar-refractivity contribution in [2.75, 3.05) is 24.2 Å². The van der Waals surface area contributed by atoms with Crippen LogP contribution < -0.4 is 10.6 Å². The lowest BCUT2D eigenvalue weighted by atomic mass is 10.0. The van der Waals surface area contributed by atoms with Crippen molar-refractivity contribution < 1.29 is 0 Å². The first-order valence-electron chi connectivity index (χ1n) is 9.00. The molecule has 0 aliphatic heterocycles. The minimum atomic E-state index is 0.233. The van der Waals surface area contributed by atoms with Crippen LogP contribution in [0, 0.1) is 0 Å². The molecule has 0 saturated carbocycles. The number of nitrogens with one attached hydrogen (secondary N) is 2. The third kappa shape index (κ3) is 3.71. The van der Waals surface area contributed by atoms with Crippen molar-refractivity contribution in [2.45, 2.75) is 12.8 Å². The van der Waals surface area contributed by atoms with Crippen LogP contribution in [0.3, 0.4) is 0 Å². The zero-order valence-corrected chi connectivity index (χ0v) is 15.7. The lowest BCUT2D eigenvalue weighted by Crippen LogP contribution is -2.12. The van der Waals surface area contributed by atoms with E-state index in [1.165, 1.54) is 6.33 Å². The number of nitrogens with zero attached hydrogens (tertiary/aromatic N) is 6. The summed E-state index contributed by atoms with van der Waals surface area (Å²) in [5.74, 6) is 1.56. The molecule has 1 atom stereocenters. The van der Waals surface area contributed by atoms with Gasteiger partial charge < -0.3 is 10.6 Å². The maximum absolute atomic E-state index is 4.49. The molecule has 140 valence electrons. The summed E-state index contributed by atoms with van der Waals surface area (Å²) in [4.78, 5) is 26.0. The van der Waals surface area contributed by atoms with Gasteiger partial charge in [0.2, 0.25) is 5.95 Å². The number of hydrogen-bond acceptors (Lipinski definition) is 8. The molecule has 4 aromatic heterocycles. The van der Waals surface area contributed by atoms with Crippen LogP contribution in [-0.2, 0) is 0 Å². The van der Waals surface area contributed by atoms with Crippen molar-refractivity contribution in [2.24, 2.45) is 0 Å². The molecule has 8 heteroatoms. The Morgan fingerprint density at radius 3 is 2.64 bits per heavy atom. The fraction of sp³-hybridized carbons (Fsp3) is 0.200. The van der Waals surface area contributed by atoms with Crippen molar-refractivity contribution in [3.63, 3.8) is 0 Å². The van der Waals surface area contributed by atoms with Crippen LogP contribution in [0.4, 0.5) is 11.8 Å². The van der Waals surface area contributed by atoms with E-state index in [9.17, 15) is 0 Å². The average Bonchev–Trinajstić information content (AvgIpc) is 2.77. The molecule has 0 spiro atoms. The minimum absolute atomic E-state index is 0.233. The summed E-state index contributed by atoms with van der Waals surface area (Å²) in [6, 6.07) is 7.79. The predicted octanol–water partition coefficient (Wildman–Crippen LogP) is 3.13. The highest BCUT2D eigenvalue weighted by atomic mass is 15.1. The second-order valence-corrected chi connectivity index (χ2v) is 6.39. The summed E-state index contributed by atoms with van der Waals surface area (Å²) in [6.45, 7) is 2.87. The van der Waals surface area contributed by atoms with E-state index < -0.39 is 0 Å². The van der Waals surface area contributed by atoms with E-state index in [-0.39, 0.29) is 5.92 Å². The van der Waals surface area contributed by atoms with E-state index in [0.29, 0.717) is 12.5 Å². The highest BCUT2D eigenvalue weighted by Crippen LogP contribution is 2.23. The fourth-order valence-corrected chi connectivity index (χ4v) is 2.97. The van der Waals surface area contributed by atoms with E-state index in [1.807, 2.05) is 30.5 Å². The summed E-state index contributed by atoms with van der Waals surface area (Å²) >= 11 is 0. The topological polar surface area (TPSA) is 101 Å². The molecule has 0 fully saturated rings. The Morgan fingerprint density at radius 1 is 0.964 bits per heavy atom. The van der Waals surface area contributed by atoms with Crippen LogP contribution in [0.1, 0.15) is 18.4 Å². The van der Waals surface area contributed by atoms with Gasteiger partial charge in [0.25, 0.3) is 0 Å². The molecule has 0 aliphatic carbocycles. The van der Waals surface area contributed by atoms with Crippen molar-refractivity contribution in [1.82, 2.24) is 29.9 Å². The third-order valence-electron chi connectivity index (χ3n) is 4.49. The summed E-state index contributed by atoms with van der Waals surface area (Å²) in [7, 11) is 1.78. The fourth-order valence-electron chi connectivity index (χ4n) is 2.97. The molecule has 0 aromatic carbocycles. The maximum atomic E-state index is 4.49. The maximum Gasteiger partial charge on any atom is 0.222 e. The quantitative estimate of drug-likeness (QED) is 0.532. The molecule has 0 radical (unpaired) electrons. The van der Waals surface area contributed by atoms with Crippen molar-refractivity contribution in [3.05, 3.63) is 60.9 Å². The van der Waals surface area contributed by atoms with Crippen molar-refractivity contribution >= 4 is 22.8 Å². The first kappa shape index (κ1) is 17.7. The summed E-state index contributed by atoms with van der Waals surface area (Å²) < 4.78 is 0. The van der Waals surface area contributed by atoms with Crippen LogP contribution >= 0.6 is 0 Å². The van der Waals surface area contributed by atoms with Crippen LogP contribution in [0.2, 0.25) is 0 Å². The monoisotopic (exact) mass is 372 g/mol. The van der Waals surface area contributed by atoms with Crippen LogP contribution in [0.15, 0.2) is 55.4 Å². The van der Waals surface area contributed by atoms with E-state index in [1.54, 1.807) is 25.6 Å². The van der Waals surface area contributed by atoms with Crippen molar-refractivity contribution in [1.29, 1.82) is 0 Å². The first-order valence-corrected chi connectivity index (χ1v) is 9.00. The Labute approximate surface area is 162 Å². The summed E-state index contributed by atoms with van der Waals surface area (Å²) in [6.07, 6.45) is 8.64. The van der Waals surface area contributed by atoms with Gasteiger partial charge in [0, 0.05) is 55.9 Å². The lowest BCUT2D eigenvalue weighted by Gasteiger charge is -2.15. The van der Waals surface area contributed by atoms with Crippen LogP contribution in [0.25, 0.3) is 22.3 Å². The second kappa shape index (κ2) is 7.91. The number of pyridine rings is 2. The van der Waals surface area contributed by atoms with E-state index >= 15 is 0 Å². The zero-order valence-electron chi connectivity index (χ0n) is 15.7. The largest absolute Gasteiger partial charge is 0.369 e. The molecule has 0 saturated heterocycles. The molecule has 0 bridgehead atoms. The van der Waals surface area contributed by atoms with Gasteiger partial charge in [-0.2, -0.15) is 0 Å². The van der Waals surface area contributed by atoms with Crippen LogP contribution in [-0.4, -0.2) is 43.5 Å². The number of anilines is 2. The average molecular weight is 372 g/mol. The smallest absolute Gasteiger partial charge is 0.222 e. The first-order chi connectivity index (χ1) is 13.7. The van der Waals surface area contributed by atoms with Crippen molar-refractivity contribution in [3.8, 4) is 11.3 Å². The lowest BCUT2D eigenvalue weighted by molar-refractivity contribution is 0.804. The molecule has 8 nitrogen and oxygen atoms in total.